The van der Waals surface area contributed by atoms with E-state index in [9.17, 15) is 9.50 Å². The molecule has 2 rings (SSSR count). The molecule has 1 unspecified atom stereocenters. The van der Waals surface area contributed by atoms with Gasteiger partial charge < -0.3 is 10.4 Å². The average molecular weight is 263 g/mol. The van der Waals surface area contributed by atoms with Gasteiger partial charge in [0, 0.05) is 30.9 Å². The Labute approximate surface area is 111 Å². The van der Waals surface area contributed by atoms with Crippen LogP contribution in [0.4, 0.5) is 4.39 Å². The Morgan fingerprint density at radius 2 is 2.26 bits per heavy atom. The predicted molar refractivity (Wildman–Crippen MR) is 71.4 cm³/mol. The van der Waals surface area contributed by atoms with Crippen LogP contribution in [0, 0.1) is 5.82 Å². The minimum absolute atomic E-state index is 0.0520. The summed E-state index contributed by atoms with van der Waals surface area (Å²) in [6.45, 7) is 2.64. The highest BCUT2D eigenvalue weighted by Crippen LogP contribution is 2.20. The van der Waals surface area contributed by atoms with Gasteiger partial charge in [-0.25, -0.2) is 4.39 Å². The Morgan fingerprint density at radius 3 is 2.89 bits per heavy atom. The second-order valence-electron chi connectivity index (χ2n) is 4.65. The number of aromatic hydroxyl groups is 1. The van der Waals surface area contributed by atoms with Gasteiger partial charge in [0.05, 0.1) is 6.20 Å². The van der Waals surface area contributed by atoms with Gasteiger partial charge in [0.2, 0.25) is 0 Å². The van der Waals surface area contributed by atoms with Crippen LogP contribution in [0.1, 0.15) is 24.1 Å². The zero-order chi connectivity index (χ0) is 13.8. The molecule has 2 aromatic rings. The molecule has 5 heteroatoms. The number of halogens is 1. The van der Waals surface area contributed by atoms with E-state index in [1.807, 2.05) is 26.4 Å². The summed E-state index contributed by atoms with van der Waals surface area (Å²) in [7, 11) is 1.88. The molecule has 0 aliphatic heterocycles. The third-order valence-corrected chi connectivity index (χ3v) is 3.07. The number of benzene rings is 1. The number of rotatable bonds is 5. The van der Waals surface area contributed by atoms with Crippen molar-refractivity contribution in [3.05, 3.63) is 47.5 Å². The van der Waals surface area contributed by atoms with Crippen molar-refractivity contribution in [2.45, 2.75) is 19.4 Å². The van der Waals surface area contributed by atoms with Gasteiger partial charge in [0.15, 0.2) is 0 Å². The summed E-state index contributed by atoms with van der Waals surface area (Å²) >= 11 is 0. The maximum absolute atomic E-state index is 13.6. The fourth-order valence-corrected chi connectivity index (χ4v) is 2.01. The van der Waals surface area contributed by atoms with Crippen LogP contribution in [0.5, 0.6) is 5.75 Å². The first-order valence-electron chi connectivity index (χ1n) is 6.25. The molecule has 0 bridgehead atoms. The van der Waals surface area contributed by atoms with Crippen molar-refractivity contribution < 1.29 is 9.50 Å². The first kappa shape index (κ1) is 13.5. The number of hydrogen-bond donors (Lipinski definition) is 2. The summed E-state index contributed by atoms with van der Waals surface area (Å²) in [5.41, 5.74) is 1.71. The lowest BCUT2D eigenvalue weighted by atomic mass is 10.1. The molecule has 0 radical (unpaired) electrons. The lowest BCUT2D eigenvalue weighted by Gasteiger charge is -2.14. The molecule has 0 aliphatic carbocycles. The molecule has 1 atom stereocenters. The van der Waals surface area contributed by atoms with Crippen LogP contribution in [0.2, 0.25) is 0 Å². The number of nitrogens with zero attached hydrogens (tertiary/aromatic N) is 2. The molecule has 102 valence electrons. The summed E-state index contributed by atoms with van der Waals surface area (Å²) in [5, 5.41) is 16.5. The van der Waals surface area contributed by atoms with Crippen molar-refractivity contribution in [1.82, 2.24) is 15.1 Å². The number of aromatic nitrogens is 2. The number of phenols is 1. The van der Waals surface area contributed by atoms with Crippen LogP contribution in [0.15, 0.2) is 30.6 Å². The van der Waals surface area contributed by atoms with Crippen LogP contribution < -0.4 is 5.32 Å². The Balaban J connectivity index is 1.88. The summed E-state index contributed by atoms with van der Waals surface area (Å²) in [6, 6.07) is 4.14. The van der Waals surface area contributed by atoms with Crippen LogP contribution in [-0.4, -0.2) is 21.4 Å². The standard InChI is InChI=1S/C14H18FN3O/c1-10(13-4-3-12(19)7-14(13)15)16-6-5-11-8-17-18(2)9-11/h3-4,7-10,16,19H,5-6H2,1-2H3. The van der Waals surface area contributed by atoms with Gasteiger partial charge in [-0.1, -0.05) is 6.07 Å². The van der Waals surface area contributed by atoms with E-state index in [2.05, 4.69) is 10.4 Å². The largest absolute Gasteiger partial charge is 0.508 e. The lowest BCUT2D eigenvalue weighted by molar-refractivity contribution is 0.464. The molecular formula is C14H18FN3O. The van der Waals surface area contributed by atoms with Crippen molar-refractivity contribution in [3.8, 4) is 5.75 Å². The van der Waals surface area contributed by atoms with E-state index in [0.717, 1.165) is 24.6 Å². The van der Waals surface area contributed by atoms with Crippen LogP contribution in [0.25, 0.3) is 0 Å². The molecule has 0 fully saturated rings. The molecule has 0 amide bonds. The zero-order valence-electron chi connectivity index (χ0n) is 11.1. The first-order chi connectivity index (χ1) is 9.06. The lowest BCUT2D eigenvalue weighted by Crippen LogP contribution is -2.22. The van der Waals surface area contributed by atoms with Gasteiger partial charge in [-0.15, -0.1) is 0 Å². The van der Waals surface area contributed by atoms with Gasteiger partial charge in [-0.05, 0) is 31.5 Å². The van der Waals surface area contributed by atoms with Crippen molar-refractivity contribution in [2.75, 3.05) is 6.54 Å². The quantitative estimate of drug-likeness (QED) is 0.869. The highest BCUT2D eigenvalue weighted by atomic mass is 19.1. The smallest absolute Gasteiger partial charge is 0.131 e. The van der Waals surface area contributed by atoms with Crippen molar-refractivity contribution in [2.24, 2.45) is 7.05 Å². The Hall–Kier alpha value is -1.88. The molecule has 2 N–H and O–H groups in total. The second-order valence-corrected chi connectivity index (χ2v) is 4.65. The first-order valence-corrected chi connectivity index (χ1v) is 6.25. The van der Waals surface area contributed by atoms with Crippen LogP contribution in [-0.2, 0) is 13.5 Å². The number of aryl methyl sites for hydroxylation is 1. The van der Waals surface area contributed by atoms with E-state index in [1.165, 1.54) is 6.07 Å². The molecule has 0 saturated heterocycles. The van der Waals surface area contributed by atoms with E-state index in [1.54, 1.807) is 10.7 Å². The fraction of sp³-hybridized carbons (Fsp3) is 0.357. The monoisotopic (exact) mass is 263 g/mol. The van der Waals surface area contributed by atoms with Crippen LogP contribution >= 0.6 is 0 Å². The summed E-state index contributed by atoms with van der Waals surface area (Å²) in [6.07, 6.45) is 4.64. The van der Waals surface area contributed by atoms with Gasteiger partial charge in [0.1, 0.15) is 11.6 Å². The van der Waals surface area contributed by atoms with Gasteiger partial charge >= 0.3 is 0 Å². The molecular weight excluding hydrogens is 245 g/mol. The maximum atomic E-state index is 13.6. The fourth-order valence-electron chi connectivity index (χ4n) is 2.01. The average Bonchev–Trinajstić information content (AvgIpc) is 2.75. The van der Waals surface area contributed by atoms with E-state index in [-0.39, 0.29) is 17.6 Å². The van der Waals surface area contributed by atoms with Gasteiger partial charge in [0.25, 0.3) is 0 Å². The third-order valence-electron chi connectivity index (χ3n) is 3.07. The summed E-state index contributed by atoms with van der Waals surface area (Å²) in [4.78, 5) is 0. The predicted octanol–water partition coefficient (Wildman–Crippen LogP) is 2.16. The molecule has 1 aromatic carbocycles. The molecule has 0 saturated carbocycles. The van der Waals surface area contributed by atoms with E-state index in [0.29, 0.717) is 5.56 Å². The molecule has 0 spiro atoms. The van der Waals surface area contributed by atoms with Crippen molar-refractivity contribution >= 4 is 0 Å². The summed E-state index contributed by atoms with van der Waals surface area (Å²) < 4.78 is 15.4. The summed E-state index contributed by atoms with van der Waals surface area (Å²) in [5.74, 6) is -0.440. The van der Waals surface area contributed by atoms with E-state index in [4.69, 9.17) is 0 Å². The van der Waals surface area contributed by atoms with E-state index >= 15 is 0 Å². The van der Waals surface area contributed by atoms with Crippen molar-refractivity contribution in [3.63, 3.8) is 0 Å². The van der Waals surface area contributed by atoms with Crippen LogP contribution in [0.3, 0.4) is 0 Å². The highest BCUT2D eigenvalue weighted by Gasteiger charge is 2.10. The highest BCUT2D eigenvalue weighted by molar-refractivity contribution is 5.29. The minimum atomic E-state index is -0.388. The second kappa shape index (κ2) is 5.84. The van der Waals surface area contributed by atoms with Gasteiger partial charge in [-0.3, -0.25) is 4.68 Å². The number of hydrogen-bond acceptors (Lipinski definition) is 3. The molecule has 1 aromatic heterocycles. The molecule has 19 heavy (non-hydrogen) atoms. The van der Waals surface area contributed by atoms with Gasteiger partial charge in [-0.2, -0.15) is 5.10 Å². The normalized spacial score (nSPS) is 12.6. The minimum Gasteiger partial charge on any atom is -0.508 e. The molecule has 0 aliphatic rings. The third kappa shape index (κ3) is 3.54. The molecule has 4 nitrogen and oxygen atoms in total. The topological polar surface area (TPSA) is 50.1 Å². The Morgan fingerprint density at radius 1 is 1.47 bits per heavy atom. The maximum Gasteiger partial charge on any atom is 0.131 e. The zero-order valence-corrected chi connectivity index (χ0v) is 11.1. The number of phenolic OH excluding ortho intramolecular Hbond substituents is 1. The Kier molecular flexibility index (Phi) is 4.16. The number of nitrogens with one attached hydrogen (secondary N) is 1. The van der Waals surface area contributed by atoms with E-state index < -0.39 is 0 Å². The Bertz CT molecular complexity index is 553. The van der Waals surface area contributed by atoms with Crippen molar-refractivity contribution in [1.29, 1.82) is 0 Å². The molecule has 1 heterocycles. The SMILES string of the molecule is CC(NCCc1cnn(C)c1)c1ccc(O)cc1F.